The molecule has 3 heterocycles. The maximum absolute atomic E-state index is 13.4. The summed E-state index contributed by atoms with van der Waals surface area (Å²) in [6.07, 6.45) is 0. The van der Waals surface area contributed by atoms with Crippen LogP contribution in [0.15, 0.2) is 66.0 Å². The molecule has 0 spiro atoms. The molecule has 0 radical (unpaired) electrons. The number of hydrogen-bond donors (Lipinski definition) is 1. The first-order valence-electron chi connectivity index (χ1n) is 11.9. The Morgan fingerprint density at radius 1 is 1.03 bits per heavy atom. The van der Waals surface area contributed by atoms with E-state index in [-0.39, 0.29) is 18.0 Å². The molecule has 1 amide bonds. The Bertz CT molecular complexity index is 1670. The number of hydrogen-bond acceptors (Lipinski definition) is 8. The van der Waals surface area contributed by atoms with Gasteiger partial charge in [0.05, 0.1) is 18.0 Å². The van der Waals surface area contributed by atoms with Gasteiger partial charge >= 0.3 is 11.9 Å². The lowest BCUT2D eigenvalue weighted by Gasteiger charge is -2.09. The Kier molecular flexibility index (Phi) is 7.53. The van der Waals surface area contributed by atoms with Crippen LogP contribution in [0.2, 0.25) is 0 Å². The predicted octanol–water partition coefficient (Wildman–Crippen LogP) is 6.24. The molecule has 11 heteroatoms. The molecule has 5 rings (SSSR count). The Balaban J connectivity index is 1.30. The fourth-order valence-corrected chi connectivity index (χ4v) is 6.01. The van der Waals surface area contributed by atoms with Gasteiger partial charge in [-0.3, -0.25) is 4.79 Å². The average molecular weight is 564 g/mol. The molecule has 198 valence electrons. The van der Waals surface area contributed by atoms with Crippen molar-refractivity contribution in [2.24, 2.45) is 0 Å². The van der Waals surface area contributed by atoms with Crippen molar-refractivity contribution in [3.05, 3.63) is 88.0 Å². The number of halogens is 1. The first-order valence-corrected chi connectivity index (χ1v) is 13.6. The van der Waals surface area contributed by atoms with E-state index < -0.39 is 24.5 Å². The number of anilines is 1. The van der Waals surface area contributed by atoms with Gasteiger partial charge in [-0.2, -0.15) is 5.10 Å². The van der Waals surface area contributed by atoms with E-state index in [0.29, 0.717) is 31.7 Å². The van der Waals surface area contributed by atoms with Crippen molar-refractivity contribution in [1.82, 2.24) is 9.78 Å². The van der Waals surface area contributed by atoms with Crippen molar-refractivity contribution in [1.29, 1.82) is 0 Å². The highest BCUT2D eigenvalue weighted by molar-refractivity contribution is 7.20. The lowest BCUT2D eigenvalue weighted by Crippen LogP contribution is -2.21. The summed E-state index contributed by atoms with van der Waals surface area (Å²) in [5.41, 5.74) is 3.04. The first kappa shape index (κ1) is 26.3. The van der Waals surface area contributed by atoms with Crippen molar-refractivity contribution < 1.29 is 28.2 Å². The van der Waals surface area contributed by atoms with Crippen LogP contribution >= 0.6 is 22.7 Å². The second kappa shape index (κ2) is 11.2. The Morgan fingerprint density at radius 2 is 1.77 bits per heavy atom. The minimum Gasteiger partial charge on any atom is -0.462 e. The molecule has 39 heavy (non-hydrogen) atoms. The fourth-order valence-electron chi connectivity index (χ4n) is 3.96. The molecule has 5 aromatic rings. The Hall–Kier alpha value is -4.35. The topological polar surface area (TPSA) is 99.5 Å². The molecule has 8 nitrogen and oxygen atoms in total. The van der Waals surface area contributed by atoms with Gasteiger partial charge in [0.1, 0.15) is 26.1 Å². The Morgan fingerprint density at radius 3 is 2.49 bits per heavy atom. The van der Waals surface area contributed by atoms with Crippen LogP contribution in [0.4, 0.5) is 9.39 Å². The van der Waals surface area contributed by atoms with Gasteiger partial charge < -0.3 is 14.8 Å². The number of thiophene rings is 2. The van der Waals surface area contributed by atoms with Gasteiger partial charge in [0.2, 0.25) is 0 Å². The highest BCUT2D eigenvalue weighted by atomic mass is 32.1. The maximum atomic E-state index is 13.4. The van der Waals surface area contributed by atoms with E-state index in [9.17, 15) is 18.8 Å². The first-order chi connectivity index (χ1) is 18.9. The molecule has 0 aliphatic rings. The zero-order chi connectivity index (χ0) is 27.5. The molecule has 0 unspecified atom stereocenters. The van der Waals surface area contributed by atoms with Crippen LogP contribution in [-0.4, -0.2) is 40.8 Å². The number of aryl methyl sites for hydroxylation is 1. The number of aromatic nitrogens is 2. The summed E-state index contributed by atoms with van der Waals surface area (Å²) in [7, 11) is 0. The van der Waals surface area contributed by atoms with Gasteiger partial charge in [0.15, 0.2) is 6.61 Å². The molecular formula is C28H22FN3O5S2. The monoisotopic (exact) mass is 563 g/mol. The largest absolute Gasteiger partial charge is 0.462 e. The molecule has 0 aliphatic carbocycles. The SMILES string of the molecule is CCOC(=O)c1c(-c2ccccc2)csc1NC(=O)COC(=O)c1cc2c(C)nn(-c3ccc(F)cc3)c2s1. The molecule has 0 saturated heterocycles. The molecule has 3 aromatic heterocycles. The van der Waals surface area contributed by atoms with E-state index >= 15 is 0 Å². The van der Waals surface area contributed by atoms with Crippen molar-refractivity contribution >= 4 is 55.7 Å². The number of carbonyl (C=O) groups is 3. The lowest BCUT2D eigenvalue weighted by molar-refractivity contribution is -0.119. The highest BCUT2D eigenvalue weighted by Crippen LogP contribution is 2.36. The van der Waals surface area contributed by atoms with Crippen LogP contribution in [-0.2, 0) is 14.3 Å². The van der Waals surface area contributed by atoms with Gasteiger partial charge in [-0.15, -0.1) is 22.7 Å². The standard InChI is InChI=1S/C28H22FN3O5S2/c1-3-36-28(35)24-21(17-7-5-4-6-8-17)15-38-25(24)30-23(33)14-37-27(34)22-13-20-16(2)31-32(26(20)39-22)19-11-9-18(29)10-12-19/h4-13,15H,3,14H2,1-2H3,(H,30,33). The van der Waals surface area contributed by atoms with E-state index in [1.165, 1.54) is 23.5 Å². The summed E-state index contributed by atoms with van der Waals surface area (Å²) in [5, 5.41) is 9.99. The van der Waals surface area contributed by atoms with Crippen LogP contribution in [0.25, 0.3) is 27.0 Å². The number of amides is 1. The van der Waals surface area contributed by atoms with Gasteiger partial charge in [-0.05, 0) is 49.7 Å². The van der Waals surface area contributed by atoms with E-state index in [4.69, 9.17) is 9.47 Å². The quantitative estimate of drug-likeness (QED) is 0.225. The third-order valence-electron chi connectivity index (χ3n) is 5.76. The van der Waals surface area contributed by atoms with Gasteiger partial charge in [-0.1, -0.05) is 30.3 Å². The maximum Gasteiger partial charge on any atom is 0.348 e. The lowest BCUT2D eigenvalue weighted by atomic mass is 10.0. The van der Waals surface area contributed by atoms with Crippen molar-refractivity contribution in [3.8, 4) is 16.8 Å². The third kappa shape index (κ3) is 5.45. The number of nitrogens with zero attached hydrogens (tertiary/aromatic N) is 2. The minimum absolute atomic E-state index is 0.182. The zero-order valence-electron chi connectivity index (χ0n) is 20.9. The van der Waals surface area contributed by atoms with Crippen LogP contribution < -0.4 is 5.32 Å². The van der Waals surface area contributed by atoms with E-state index in [0.717, 1.165) is 22.3 Å². The molecule has 0 atom stereocenters. The molecule has 0 bridgehead atoms. The van der Waals surface area contributed by atoms with Gasteiger partial charge in [0.25, 0.3) is 5.91 Å². The summed E-state index contributed by atoms with van der Waals surface area (Å²) in [6.45, 7) is 3.15. The third-order valence-corrected chi connectivity index (χ3v) is 7.75. The summed E-state index contributed by atoms with van der Waals surface area (Å²) in [5.74, 6) is -2.18. The van der Waals surface area contributed by atoms with Crippen molar-refractivity contribution in [2.45, 2.75) is 13.8 Å². The van der Waals surface area contributed by atoms with Crippen molar-refractivity contribution in [3.63, 3.8) is 0 Å². The second-order valence-corrected chi connectivity index (χ2v) is 10.3. The minimum atomic E-state index is -0.668. The number of fused-ring (bicyclic) bond motifs is 1. The van der Waals surface area contributed by atoms with Crippen LogP contribution in [0.1, 0.15) is 32.6 Å². The summed E-state index contributed by atoms with van der Waals surface area (Å²) >= 11 is 2.35. The molecule has 0 saturated carbocycles. The average Bonchev–Trinajstić information content (AvgIpc) is 3.63. The van der Waals surface area contributed by atoms with Gasteiger partial charge in [0, 0.05) is 16.3 Å². The van der Waals surface area contributed by atoms with Crippen LogP contribution in [0, 0.1) is 12.7 Å². The number of ether oxygens (including phenoxy) is 2. The molecule has 0 fully saturated rings. The molecule has 0 aliphatic heterocycles. The van der Waals surface area contributed by atoms with Crippen molar-refractivity contribution in [2.75, 3.05) is 18.5 Å². The smallest absolute Gasteiger partial charge is 0.348 e. The van der Waals surface area contributed by atoms with Crippen LogP contribution in [0.3, 0.4) is 0 Å². The molecule has 1 N–H and O–H groups in total. The summed E-state index contributed by atoms with van der Waals surface area (Å²) in [6, 6.07) is 16.8. The summed E-state index contributed by atoms with van der Waals surface area (Å²) < 4.78 is 25.5. The highest BCUT2D eigenvalue weighted by Gasteiger charge is 2.24. The van der Waals surface area contributed by atoms with Gasteiger partial charge in [-0.25, -0.2) is 18.7 Å². The number of rotatable bonds is 8. The molecule has 2 aromatic carbocycles. The normalized spacial score (nSPS) is 10.9. The number of benzene rings is 2. The zero-order valence-corrected chi connectivity index (χ0v) is 22.5. The Labute approximate surface area is 230 Å². The number of carbonyl (C=O) groups excluding carboxylic acids is 3. The number of nitrogens with one attached hydrogen (secondary N) is 1. The van der Waals surface area contributed by atoms with Crippen LogP contribution in [0.5, 0.6) is 0 Å². The van der Waals surface area contributed by atoms with E-state index in [2.05, 4.69) is 10.4 Å². The molecular weight excluding hydrogens is 541 g/mol. The van der Waals surface area contributed by atoms with E-state index in [1.807, 2.05) is 37.3 Å². The predicted molar refractivity (Wildman–Crippen MR) is 148 cm³/mol. The second-order valence-electron chi connectivity index (χ2n) is 8.37. The van der Waals surface area contributed by atoms with E-state index in [1.54, 1.807) is 35.2 Å². The number of esters is 2. The summed E-state index contributed by atoms with van der Waals surface area (Å²) in [4.78, 5) is 39.2. The fraction of sp³-hybridized carbons (Fsp3) is 0.143.